The van der Waals surface area contributed by atoms with Gasteiger partial charge in [0.05, 0.1) is 6.61 Å². The molecule has 1 aliphatic heterocycles. The zero-order valence-electron chi connectivity index (χ0n) is 20.7. The van der Waals surface area contributed by atoms with Crippen molar-refractivity contribution in [1.29, 1.82) is 5.26 Å². The van der Waals surface area contributed by atoms with Crippen LogP contribution in [0.2, 0.25) is 5.02 Å². The van der Waals surface area contributed by atoms with Gasteiger partial charge in [-0.1, -0.05) is 35.9 Å². The average Bonchev–Trinajstić information content (AvgIpc) is 2.87. The highest BCUT2D eigenvalue weighted by Gasteiger charge is 2.35. The van der Waals surface area contributed by atoms with Gasteiger partial charge in [0.2, 0.25) is 0 Å². The number of hydrogen-bond donors (Lipinski definition) is 0. The third kappa shape index (κ3) is 6.34. The van der Waals surface area contributed by atoms with Gasteiger partial charge >= 0.3 is 0 Å². The molecule has 7 nitrogen and oxygen atoms in total. The van der Waals surface area contributed by atoms with Crippen LogP contribution in [0.5, 0.6) is 11.5 Å². The Kier molecular flexibility index (Phi) is 9.69. The number of nitrogens with zero attached hydrogens (tertiary/aromatic N) is 2. The molecule has 1 aliphatic rings. The SMILES string of the molecule is CCOCCCN1C(=O)C(C#N)=C(C)/C(=C\c2ccc(OCc3ccccc3Cl)c(OCC)c2)C1=O. The summed E-state index contributed by atoms with van der Waals surface area (Å²) in [5.41, 5.74) is 2.12. The summed E-state index contributed by atoms with van der Waals surface area (Å²) in [6.07, 6.45) is 2.15. The first kappa shape index (κ1) is 27.0. The molecule has 0 saturated carbocycles. The van der Waals surface area contributed by atoms with Crippen molar-refractivity contribution in [3.05, 3.63) is 75.3 Å². The second-order valence-corrected chi connectivity index (χ2v) is 8.41. The molecule has 3 rings (SSSR count). The number of imide groups is 1. The lowest BCUT2D eigenvalue weighted by Crippen LogP contribution is -2.43. The van der Waals surface area contributed by atoms with Crippen LogP contribution >= 0.6 is 11.6 Å². The Hall–Kier alpha value is -3.60. The fraction of sp³-hybridized carbons (Fsp3) is 0.321. The average molecular weight is 509 g/mol. The molecule has 0 atom stereocenters. The smallest absolute Gasteiger partial charge is 0.271 e. The van der Waals surface area contributed by atoms with E-state index in [1.54, 1.807) is 37.3 Å². The van der Waals surface area contributed by atoms with Crippen LogP contribution in [0.4, 0.5) is 0 Å². The van der Waals surface area contributed by atoms with Crippen molar-refractivity contribution in [3.63, 3.8) is 0 Å². The van der Waals surface area contributed by atoms with E-state index >= 15 is 0 Å². The highest BCUT2D eigenvalue weighted by molar-refractivity contribution is 6.31. The molecule has 0 unspecified atom stereocenters. The molecular weight excluding hydrogens is 480 g/mol. The third-order valence-corrected chi connectivity index (χ3v) is 5.99. The van der Waals surface area contributed by atoms with Crippen LogP contribution in [0.15, 0.2) is 59.2 Å². The number of hydrogen-bond acceptors (Lipinski definition) is 6. The highest BCUT2D eigenvalue weighted by atomic mass is 35.5. The molecule has 2 amide bonds. The number of rotatable bonds is 11. The van der Waals surface area contributed by atoms with Crippen molar-refractivity contribution in [1.82, 2.24) is 4.90 Å². The highest BCUT2D eigenvalue weighted by Crippen LogP contribution is 2.33. The minimum atomic E-state index is -0.577. The summed E-state index contributed by atoms with van der Waals surface area (Å²) in [6.45, 7) is 7.19. The topological polar surface area (TPSA) is 88.9 Å². The second-order valence-electron chi connectivity index (χ2n) is 8.00. The largest absolute Gasteiger partial charge is 0.490 e. The molecule has 2 aromatic carbocycles. The summed E-state index contributed by atoms with van der Waals surface area (Å²) in [4.78, 5) is 27.1. The van der Waals surface area contributed by atoms with E-state index < -0.39 is 11.8 Å². The number of halogens is 1. The Labute approximate surface area is 216 Å². The number of carbonyl (C=O) groups is 2. The predicted molar refractivity (Wildman–Crippen MR) is 138 cm³/mol. The molecular formula is C28H29ClN2O5. The second kappa shape index (κ2) is 12.9. The molecule has 0 radical (unpaired) electrons. The van der Waals surface area contributed by atoms with Gasteiger partial charge in [-0.2, -0.15) is 5.26 Å². The number of ether oxygens (including phenoxy) is 3. The number of benzene rings is 2. The summed E-state index contributed by atoms with van der Waals surface area (Å²) >= 11 is 6.23. The normalized spacial score (nSPS) is 14.9. The Morgan fingerprint density at radius 1 is 1.03 bits per heavy atom. The van der Waals surface area contributed by atoms with Crippen LogP contribution < -0.4 is 9.47 Å². The van der Waals surface area contributed by atoms with Crippen molar-refractivity contribution in [2.24, 2.45) is 0 Å². The molecule has 0 N–H and O–H groups in total. The molecule has 2 aromatic rings. The lowest BCUT2D eigenvalue weighted by Gasteiger charge is -2.27. The molecule has 0 spiro atoms. The van der Waals surface area contributed by atoms with Gasteiger partial charge in [-0.3, -0.25) is 14.5 Å². The number of carbonyl (C=O) groups excluding carboxylic acids is 2. The fourth-order valence-corrected chi connectivity index (χ4v) is 3.93. The van der Waals surface area contributed by atoms with Crippen molar-refractivity contribution in [3.8, 4) is 17.6 Å². The molecule has 0 fully saturated rings. The Balaban J connectivity index is 1.90. The van der Waals surface area contributed by atoms with Crippen LogP contribution in [-0.4, -0.2) is 43.1 Å². The van der Waals surface area contributed by atoms with E-state index in [4.69, 9.17) is 25.8 Å². The van der Waals surface area contributed by atoms with Crippen LogP contribution in [0, 0.1) is 11.3 Å². The van der Waals surface area contributed by atoms with Gasteiger partial charge < -0.3 is 14.2 Å². The summed E-state index contributed by atoms with van der Waals surface area (Å²) in [5, 5.41) is 10.2. The summed E-state index contributed by atoms with van der Waals surface area (Å²) < 4.78 is 17.1. The Morgan fingerprint density at radius 2 is 1.81 bits per heavy atom. The van der Waals surface area contributed by atoms with E-state index in [1.165, 1.54) is 0 Å². The number of amides is 2. The third-order valence-electron chi connectivity index (χ3n) is 5.62. The van der Waals surface area contributed by atoms with Gasteiger partial charge in [-0.15, -0.1) is 0 Å². The zero-order chi connectivity index (χ0) is 26.1. The maximum absolute atomic E-state index is 13.2. The molecule has 0 aliphatic carbocycles. The van der Waals surface area contributed by atoms with Gasteiger partial charge in [0.1, 0.15) is 18.2 Å². The van der Waals surface area contributed by atoms with Crippen molar-refractivity contribution in [2.75, 3.05) is 26.4 Å². The fourth-order valence-electron chi connectivity index (χ4n) is 3.74. The van der Waals surface area contributed by atoms with E-state index in [-0.39, 0.29) is 24.3 Å². The van der Waals surface area contributed by atoms with E-state index in [0.29, 0.717) is 53.9 Å². The zero-order valence-corrected chi connectivity index (χ0v) is 21.4. The molecule has 0 aromatic heterocycles. The first-order valence-corrected chi connectivity index (χ1v) is 12.2. The Bertz CT molecular complexity index is 1230. The summed E-state index contributed by atoms with van der Waals surface area (Å²) in [6, 6.07) is 14.7. The lowest BCUT2D eigenvalue weighted by atomic mass is 9.93. The van der Waals surface area contributed by atoms with Crippen molar-refractivity contribution in [2.45, 2.75) is 33.8 Å². The molecule has 0 bridgehead atoms. The minimum Gasteiger partial charge on any atom is -0.490 e. The molecule has 188 valence electrons. The first-order chi connectivity index (χ1) is 17.4. The standard InChI is InChI=1S/C28H29ClN2O5/c1-4-34-14-8-13-31-27(32)22(19(3)23(17-30)28(31)33)15-20-11-12-25(26(16-20)35-5-2)36-18-21-9-6-7-10-24(21)29/h6-7,9-12,15-16H,4-5,8,13-14,18H2,1-3H3/b22-15+. The van der Waals surface area contributed by atoms with E-state index in [1.807, 2.05) is 38.1 Å². The summed E-state index contributed by atoms with van der Waals surface area (Å²) in [7, 11) is 0. The number of nitriles is 1. The summed E-state index contributed by atoms with van der Waals surface area (Å²) in [5.74, 6) is 0.0255. The van der Waals surface area contributed by atoms with E-state index in [9.17, 15) is 14.9 Å². The first-order valence-electron chi connectivity index (χ1n) is 11.8. The van der Waals surface area contributed by atoms with Gasteiger partial charge in [0.15, 0.2) is 11.5 Å². The molecule has 8 heteroatoms. The van der Waals surface area contributed by atoms with Gasteiger partial charge in [0, 0.05) is 35.9 Å². The van der Waals surface area contributed by atoms with E-state index in [2.05, 4.69) is 0 Å². The maximum Gasteiger partial charge on any atom is 0.271 e. The van der Waals surface area contributed by atoms with Gasteiger partial charge in [0.25, 0.3) is 11.8 Å². The van der Waals surface area contributed by atoms with Crippen LogP contribution in [0.3, 0.4) is 0 Å². The predicted octanol–water partition coefficient (Wildman–Crippen LogP) is 5.34. The Morgan fingerprint density at radius 3 is 2.50 bits per heavy atom. The molecule has 0 saturated heterocycles. The van der Waals surface area contributed by atoms with E-state index in [0.717, 1.165) is 10.5 Å². The molecule has 36 heavy (non-hydrogen) atoms. The van der Waals surface area contributed by atoms with Gasteiger partial charge in [-0.25, -0.2) is 0 Å². The van der Waals surface area contributed by atoms with Crippen LogP contribution in [0.1, 0.15) is 38.3 Å². The minimum absolute atomic E-state index is 0.0398. The monoisotopic (exact) mass is 508 g/mol. The van der Waals surface area contributed by atoms with Crippen LogP contribution in [0.25, 0.3) is 6.08 Å². The van der Waals surface area contributed by atoms with Crippen LogP contribution in [-0.2, 0) is 20.9 Å². The lowest BCUT2D eigenvalue weighted by molar-refractivity contribution is -0.140. The van der Waals surface area contributed by atoms with Crippen molar-refractivity contribution >= 4 is 29.5 Å². The molecule has 1 heterocycles. The quantitative estimate of drug-likeness (QED) is 0.231. The van der Waals surface area contributed by atoms with Crippen molar-refractivity contribution < 1.29 is 23.8 Å². The van der Waals surface area contributed by atoms with Gasteiger partial charge in [-0.05, 0) is 62.6 Å². The maximum atomic E-state index is 13.2.